The zero-order valence-corrected chi connectivity index (χ0v) is 10.4. The Morgan fingerprint density at radius 2 is 2.40 bits per heavy atom. The van der Waals surface area contributed by atoms with Gasteiger partial charge in [-0.25, -0.2) is 0 Å². The lowest BCUT2D eigenvalue weighted by molar-refractivity contribution is 0.386. The van der Waals surface area contributed by atoms with Crippen molar-refractivity contribution in [2.75, 3.05) is 13.1 Å². The van der Waals surface area contributed by atoms with Gasteiger partial charge in [-0.05, 0) is 45.4 Å². The van der Waals surface area contributed by atoms with Crippen LogP contribution in [0.2, 0.25) is 0 Å². The molecule has 1 aromatic heterocycles. The third kappa shape index (κ3) is 3.03. The average molecular weight is 224 g/mol. The third-order valence-electron chi connectivity index (χ3n) is 3.07. The quantitative estimate of drug-likeness (QED) is 0.820. The van der Waals surface area contributed by atoms with E-state index in [1.54, 1.807) is 0 Å². The maximum absolute atomic E-state index is 3.57. The van der Waals surface area contributed by atoms with Gasteiger partial charge in [-0.3, -0.25) is 0 Å². The molecular formula is C12H20N2S. The van der Waals surface area contributed by atoms with Crippen LogP contribution in [0, 0.1) is 6.92 Å². The highest BCUT2D eigenvalue weighted by molar-refractivity contribution is 7.11. The van der Waals surface area contributed by atoms with Gasteiger partial charge in [0.05, 0.1) is 0 Å². The first-order chi connectivity index (χ1) is 7.18. The molecule has 0 bridgehead atoms. The normalized spacial score (nSPS) is 26.0. The van der Waals surface area contributed by atoms with Crippen LogP contribution in [0.15, 0.2) is 12.1 Å². The fourth-order valence-electron chi connectivity index (χ4n) is 2.15. The van der Waals surface area contributed by atoms with Gasteiger partial charge < -0.3 is 10.6 Å². The minimum Gasteiger partial charge on any atom is -0.310 e. The molecule has 2 nitrogen and oxygen atoms in total. The number of thiophene rings is 1. The first kappa shape index (κ1) is 11.1. The lowest BCUT2D eigenvalue weighted by Gasteiger charge is -2.24. The summed E-state index contributed by atoms with van der Waals surface area (Å²) in [6.07, 6.45) is 2.61. The molecule has 1 aromatic rings. The number of nitrogens with one attached hydrogen (secondary N) is 2. The van der Waals surface area contributed by atoms with E-state index in [2.05, 4.69) is 36.6 Å². The summed E-state index contributed by atoms with van der Waals surface area (Å²) in [6, 6.07) is 4.41. The van der Waals surface area contributed by atoms with E-state index < -0.39 is 0 Å². The van der Waals surface area contributed by atoms with Crippen molar-refractivity contribution in [2.45, 2.75) is 38.8 Å². The van der Waals surface area contributed by atoms with Crippen molar-refractivity contribution in [1.82, 2.24) is 10.6 Å². The highest BCUT2D eigenvalue weighted by atomic mass is 32.1. The molecule has 0 radical (unpaired) electrons. The van der Waals surface area contributed by atoms with Crippen LogP contribution in [0.5, 0.6) is 0 Å². The van der Waals surface area contributed by atoms with Crippen molar-refractivity contribution in [1.29, 1.82) is 0 Å². The van der Waals surface area contributed by atoms with E-state index in [1.165, 1.54) is 29.1 Å². The monoisotopic (exact) mass is 224 g/mol. The van der Waals surface area contributed by atoms with Gasteiger partial charge in [0.25, 0.3) is 0 Å². The maximum Gasteiger partial charge on any atom is 0.0300 e. The summed E-state index contributed by atoms with van der Waals surface area (Å²) in [5, 5.41) is 7.11. The highest BCUT2D eigenvalue weighted by Gasteiger charge is 2.26. The molecule has 3 heteroatoms. The molecule has 2 N–H and O–H groups in total. The Morgan fingerprint density at radius 3 is 3.00 bits per heavy atom. The molecule has 1 unspecified atom stereocenters. The largest absolute Gasteiger partial charge is 0.310 e. The van der Waals surface area contributed by atoms with Crippen LogP contribution in [0.1, 0.15) is 29.5 Å². The SMILES string of the molecule is Cc1ccc(CNCC2(C)CCCN2)s1. The molecule has 84 valence electrons. The Balaban J connectivity index is 1.75. The fourth-order valence-corrected chi connectivity index (χ4v) is 3.01. The van der Waals surface area contributed by atoms with Gasteiger partial charge in [0.1, 0.15) is 0 Å². The molecule has 1 aliphatic rings. The molecule has 0 saturated carbocycles. The molecule has 0 amide bonds. The van der Waals surface area contributed by atoms with Crippen molar-refractivity contribution in [3.05, 3.63) is 21.9 Å². The zero-order valence-electron chi connectivity index (χ0n) is 9.60. The van der Waals surface area contributed by atoms with Crippen LogP contribution in [-0.4, -0.2) is 18.6 Å². The topological polar surface area (TPSA) is 24.1 Å². The van der Waals surface area contributed by atoms with Crippen LogP contribution in [-0.2, 0) is 6.54 Å². The van der Waals surface area contributed by atoms with Crippen LogP contribution in [0.3, 0.4) is 0 Å². The minimum atomic E-state index is 0.326. The Hall–Kier alpha value is -0.380. The summed E-state index contributed by atoms with van der Waals surface area (Å²) in [7, 11) is 0. The van der Waals surface area contributed by atoms with Crippen LogP contribution in [0.25, 0.3) is 0 Å². The van der Waals surface area contributed by atoms with Crippen molar-refractivity contribution in [3.63, 3.8) is 0 Å². The lowest BCUT2D eigenvalue weighted by Crippen LogP contribution is -2.45. The highest BCUT2D eigenvalue weighted by Crippen LogP contribution is 2.18. The van der Waals surface area contributed by atoms with E-state index in [1.807, 2.05) is 11.3 Å². The Kier molecular flexibility index (Phi) is 3.44. The van der Waals surface area contributed by atoms with Gasteiger partial charge in [0, 0.05) is 28.4 Å². The van der Waals surface area contributed by atoms with Gasteiger partial charge in [-0.1, -0.05) is 0 Å². The second-order valence-corrected chi connectivity index (χ2v) is 6.08. The molecule has 15 heavy (non-hydrogen) atoms. The molecule has 0 spiro atoms. The van der Waals surface area contributed by atoms with E-state index in [9.17, 15) is 0 Å². The van der Waals surface area contributed by atoms with Crippen molar-refractivity contribution < 1.29 is 0 Å². The number of hydrogen-bond acceptors (Lipinski definition) is 3. The number of aryl methyl sites for hydroxylation is 1. The molecule has 2 heterocycles. The molecule has 1 atom stereocenters. The standard InChI is InChI=1S/C12H20N2S/c1-10-4-5-11(15-10)8-13-9-12(2)6-3-7-14-12/h4-5,13-14H,3,6-9H2,1-2H3. The predicted molar refractivity (Wildman–Crippen MR) is 66.4 cm³/mol. The summed E-state index contributed by atoms with van der Waals surface area (Å²) < 4.78 is 0. The van der Waals surface area contributed by atoms with Gasteiger partial charge in [-0.15, -0.1) is 11.3 Å². The van der Waals surface area contributed by atoms with Gasteiger partial charge in [-0.2, -0.15) is 0 Å². The Labute approximate surface area is 96.1 Å². The summed E-state index contributed by atoms with van der Waals surface area (Å²) in [5.41, 5.74) is 0.326. The molecule has 2 rings (SSSR count). The zero-order chi connectivity index (χ0) is 10.7. The van der Waals surface area contributed by atoms with E-state index in [4.69, 9.17) is 0 Å². The molecule has 1 fully saturated rings. The van der Waals surface area contributed by atoms with Crippen molar-refractivity contribution >= 4 is 11.3 Å². The Bertz CT molecular complexity index is 313. The third-order valence-corrected chi connectivity index (χ3v) is 4.07. The molecule has 1 aliphatic heterocycles. The predicted octanol–water partition coefficient (Wildman–Crippen LogP) is 2.29. The van der Waals surface area contributed by atoms with E-state index in [-0.39, 0.29) is 0 Å². The van der Waals surface area contributed by atoms with Crippen LogP contribution in [0.4, 0.5) is 0 Å². The first-order valence-electron chi connectivity index (χ1n) is 5.69. The molecule has 0 aromatic carbocycles. The molecule has 1 saturated heterocycles. The van der Waals surface area contributed by atoms with Crippen molar-refractivity contribution in [2.24, 2.45) is 0 Å². The van der Waals surface area contributed by atoms with Crippen LogP contribution >= 0.6 is 11.3 Å². The van der Waals surface area contributed by atoms with Crippen molar-refractivity contribution in [3.8, 4) is 0 Å². The molecular weight excluding hydrogens is 204 g/mol. The Morgan fingerprint density at radius 1 is 1.53 bits per heavy atom. The second kappa shape index (κ2) is 4.64. The number of rotatable bonds is 4. The number of hydrogen-bond donors (Lipinski definition) is 2. The van der Waals surface area contributed by atoms with Gasteiger partial charge in [0.15, 0.2) is 0 Å². The second-order valence-electron chi connectivity index (χ2n) is 4.71. The average Bonchev–Trinajstić information content (AvgIpc) is 2.76. The maximum atomic E-state index is 3.57. The summed E-state index contributed by atoms with van der Waals surface area (Å²) in [4.78, 5) is 2.84. The fraction of sp³-hybridized carbons (Fsp3) is 0.667. The van der Waals surface area contributed by atoms with Gasteiger partial charge in [0.2, 0.25) is 0 Å². The lowest BCUT2D eigenvalue weighted by atomic mass is 10.0. The van der Waals surface area contributed by atoms with Crippen LogP contribution < -0.4 is 10.6 Å². The van der Waals surface area contributed by atoms with E-state index in [0.29, 0.717) is 5.54 Å². The minimum absolute atomic E-state index is 0.326. The van der Waals surface area contributed by atoms with Gasteiger partial charge >= 0.3 is 0 Å². The van der Waals surface area contributed by atoms with E-state index in [0.717, 1.165) is 13.1 Å². The summed E-state index contributed by atoms with van der Waals surface area (Å²) in [5.74, 6) is 0. The van der Waals surface area contributed by atoms with E-state index >= 15 is 0 Å². The summed E-state index contributed by atoms with van der Waals surface area (Å²) in [6.45, 7) is 7.73. The first-order valence-corrected chi connectivity index (χ1v) is 6.51. The molecule has 0 aliphatic carbocycles. The smallest absolute Gasteiger partial charge is 0.0300 e. The summed E-state index contributed by atoms with van der Waals surface area (Å²) >= 11 is 1.89.